The molecule has 0 radical (unpaired) electrons. The monoisotopic (exact) mass is 400 g/mol. The highest BCUT2D eigenvalue weighted by atomic mass is 14.4. The van der Waals surface area contributed by atoms with Gasteiger partial charge < -0.3 is 0 Å². The number of hydrogen-bond donors (Lipinski definition) is 0. The molecule has 0 saturated heterocycles. The van der Waals surface area contributed by atoms with Crippen molar-refractivity contribution in [1.29, 1.82) is 0 Å². The second-order valence-electron chi connectivity index (χ2n) is 8.99. The van der Waals surface area contributed by atoms with Crippen molar-refractivity contribution >= 4 is 27.6 Å². The van der Waals surface area contributed by atoms with Crippen LogP contribution in [0.5, 0.6) is 0 Å². The van der Waals surface area contributed by atoms with Gasteiger partial charge >= 0.3 is 0 Å². The summed E-state index contributed by atoms with van der Waals surface area (Å²) in [6, 6.07) is 22.6. The number of aryl methyl sites for hydroxylation is 1. The molecule has 0 aliphatic heterocycles. The minimum Gasteiger partial charge on any atom is -0.0877 e. The smallest absolute Gasteiger partial charge is 0.0159 e. The van der Waals surface area contributed by atoms with Crippen LogP contribution in [0.2, 0.25) is 0 Å². The maximum absolute atomic E-state index is 2.42. The Morgan fingerprint density at radius 1 is 0.645 bits per heavy atom. The molecule has 152 valence electrons. The van der Waals surface area contributed by atoms with Crippen molar-refractivity contribution in [2.24, 2.45) is 0 Å². The molecule has 5 rings (SSSR count). The van der Waals surface area contributed by atoms with Crippen molar-refractivity contribution < 1.29 is 0 Å². The number of allylic oxidation sites excluding steroid dienone is 5. The first kappa shape index (κ1) is 19.6. The zero-order valence-electron chi connectivity index (χ0n) is 18.7. The van der Waals surface area contributed by atoms with Crippen LogP contribution in [-0.4, -0.2) is 0 Å². The number of rotatable bonds is 3. The zero-order valence-corrected chi connectivity index (χ0v) is 18.7. The summed E-state index contributed by atoms with van der Waals surface area (Å²) in [6.07, 6.45) is 12.6. The molecule has 0 heteroatoms. The second-order valence-corrected chi connectivity index (χ2v) is 8.99. The van der Waals surface area contributed by atoms with Gasteiger partial charge in [0.2, 0.25) is 0 Å². The van der Waals surface area contributed by atoms with Crippen molar-refractivity contribution in [3.8, 4) is 11.1 Å². The summed E-state index contributed by atoms with van der Waals surface area (Å²) in [7, 11) is 0. The van der Waals surface area contributed by atoms with Gasteiger partial charge in [0, 0.05) is 5.41 Å². The molecule has 0 atom stereocenters. The average molecular weight is 401 g/mol. The molecular weight excluding hydrogens is 372 g/mol. The third-order valence-corrected chi connectivity index (χ3v) is 6.73. The molecule has 0 spiro atoms. The van der Waals surface area contributed by atoms with E-state index in [9.17, 15) is 0 Å². The van der Waals surface area contributed by atoms with E-state index >= 15 is 0 Å². The van der Waals surface area contributed by atoms with Crippen LogP contribution in [0, 0.1) is 6.92 Å². The van der Waals surface area contributed by atoms with Gasteiger partial charge in [-0.15, -0.1) is 0 Å². The van der Waals surface area contributed by atoms with Crippen LogP contribution in [0.25, 0.3) is 38.7 Å². The van der Waals surface area contributed by atoms with Crippen LogP contribution >= 0.6 is 0 Å². The van der Waals surface area contributed by atoms with E-state index in [0.717, 1.165) is 0 Å². The van der Waals surface area contributed by atoms with Gasteiger partial charge in [-0.2, -0.15) is 0 Å². The maximum Gasteiger partial charge on any atom is 0.0159 e. The molecule has 0 unspecified atom stereocenters. The fraction of sp³-hybridized carbons (Fsp3) is 0.161. The Balaban J connectivity index is 1.85. The van der Waals surface area contributed by atoms with E-state index in [1.54, 1.807) is 0 Å². The standard InChI is InChI=1S/C31H28/c1-5-6-7-8-9-14-22-20-28-30(26-18-13-11-16-24(22)26)29-25-17-12-10-15-23(25)21(2)19-27(29)31(28,3)4/h5-20H,1-4H3/b6-5+,8-7-,14-9-. The molecule has 0 fully saturated rings. The normalized spacial score (nSPS) is 15.0. The highest BCUT2D eigenvalue weighted by Crippen LogP contribution is 2.54. The molecule has 0 nitrogen and oxygen atoms in total. The van der Waals surface area contributed by atoms with Gasteiger partial charge in [-0.1, -0.05) is 105 Å². The number of benzene rings is 4. The summed E-state index contributed by atoms with van der Waals surface area (Å²) in [5, 5.41) is 5.38. The van der Waals surface area contributed by atoms with Gasteiger partial charge in [0.05, 0.1) is 0 Å². The van der Waals surface area contributed by atoms with E-state index in [1.807, 2.05) is 13.0 Å². The average Bonchev–Trinajstić information content (AvgIpc) is 3.01. The van der Waals surface area contributed by atoms with Crippen LogP contribution in [0.1, 0.15) is 43.0 Å². The highest BCUT2D eigenvalue weighted by molar-refractivity contribution is 6.13. The van der Waals surface area contributed by atoms with E-state index < -0.39 is 0 Å². The van der Waals surface area contributed by atoms with Crippen molar-refractivity contribution in [3.63, 3.8) is 0 Å². The summed E-state index contributed by atoms with van der Waals surface area (Å²) in [4.78, 5) is 0. The molecule has 0 saturated carbocycles. The lowest BCUT2D eigenvalue weighted by atomic mass is 9.80. The van der Waals surface area contributed by atoms with Gasteiger partial charge in [-0.25, -0.2) is 0 Å². The summed E-state index contributed by atoms with van der Waals surface area (Å²) in [6.45, 7) is 9.03. The Morgan fingerprint density at radius 3 is 1.87 bits per heavy atom. The lowest BCUT2D eigenvalue weighted by Crippen LogP contribution is -2.15. The maximum atomic E-state index is 2.42. The van der Waals surface area contributed by atoms with Crippen LogP contribution in [0.4, 0.5) is 0 Å². The molecule has 31 heavy (non-hydrogen) atoms. The predicted octanol–water partition coefficient (Wildman–Crippen LogP) is 8.75. The summed E-state index contributed by atoms with van der Waals surface area (Å²) >= 11 is 0. The lowest BCUT2D eigenvalue weighted by Gasteiger charge is -2.23. The first-order chi connectivity index (χ1) is 15.0. The van der Waals surface area contributed by atoms with Gasteiger partial charge in [-0.3, -0.25) is 0 Å². The number of fused-ring (bicyclic) bond motifs is 7. The third-order valence-electron chi connectivity index (χ3n) is 6.73. The SMILES string of the molecule is C/C=C/C=C\C=C/c1cc2c(c3ccccc13)-c1c(cc(C)c3ccccc13)C2(C)C. The molecule has 1 aliphatic carbocycles. The molecular formula is C31H28. The topological polar surface area (TPSA) is 0 Å². The van der Waals surface area contributed by atoms with Crippen molar-refractivity contribution in [3.05, 3.63) is 113 Å². The van der Waals surface area contributed by atoms with Crippen LogP contribution in [0.15, 0.2) is 91.0 Å². The highest BCUT2D eigenvalue weighted by Gasteiger charge is 2.38. The van der Waals surface area contributed by atoms with Crippen molar-refractivity contribution in [1.82, 2.24) is 0 Å². The molecule has 0 N–H and O–H groups in total. The van der Waals surface area contributed by atoms with Crippen molar-refractivity contribution in [2.45, 2.75) is 33.1 Å². The number of hydrogen-bond acceptors (Lipinski definition) is 0. The zero-order chi connectivity index (χ0) is 21.6. The molecule has 1 aliphatic rings. The van der Waals surface area contributed by atoms with Crippen molar-refractivity contribution in [2.75, 3.05) is 0 Å². The minimum absolute atomic E-state index is 0.0349. The first-order valence-electron chi connectivity index (χ1n) is 11.1. The van der Waals surface area contributed by atoms with E-state index in [4.69, 9.17) is 0 Å². The second kappa shape index (κ2) is 7.39. The van der Waals surface area contributed by atoms with Crippen LogP contribution in [0.3, 0.4) is 0 Å². The van der Waals surface area contributed by atoms with E-state index in [0.29, 0.717) is 0 Å². The lowest BCUT2D eigenvalue weighted by molar-refractivity contribution is 0.660. The molecule has 4 aromatic carbocycles. The Kier molecular flexibility index (Phi) is 4.67. The molecule has 0 amide bonds. The molecule has 4 aromatic rings. The fourth-order valence-corrected chi connectivity index (χ4v) is 5.17. The van der Waals surface area contributed by atoms with Gasteiger partial charge in [0.15, 0.2) is 0 Å². The largest absolute Gasteiger partial charge is 0.0877 e. The quantitative estimate of drug-likeness (QED) is 0.301. The van der Waals surface area contributed by atoms with Crippen LogP contribution < -0.4 is 0 Å². The van der Waals surface area contributed by atoms with Gasteiger partial charge in [0.1, 0.15) is 0 Å². The summed E-state index contributed by atoms with van der Waals surface area (Å²) in [5.74, 6) is 0. The van der Waals surface area contributed by atoms with E-state index in [-0.39, 0.29) is 5.41 Å². The Bertz CT molecular complexity index is 1410. The summed E-state index contributed by atoms with van der Waals surface area (Å²) in [5.41, 5.74) is 8.30. The van der Waals surface area contributed by atoms with E-state index in [1.165, 1.54) is 54.9 Å². The third kappa shape index (κ3) is 2.98. The Hall–Kier alpha value is -3.38. The molecule has 0 aromatic heterocycles. The fourth-order valence-electron chi connectivity index (χ4n) is 5.17. The minimum atomic E-state index is -0.0349. The van der Waals surface area contributed by atoms with Gasteiger partial charge in [-0.05, 0) is 74.8 Å². The molecule has 0 heterocycles. The van der Waals surface area contributed by atoms with Crippen LogP contribution in [-0.2, 0) is 5.41 Å². The molecule has 0 bridgehead atoms. The Labute approximate surface area is 185 Å². The first-order valence-corrected chi connectivity index (χ1v) is 11.1. The van der Waals surface area contributed by atoms with Gasteiger partial charge in [0.25, 0.3) is 0 Å². The summed E-state index contributed by atoms with van der Waals surface area (Å²) < 4.78 is 0. The van der Waals surface area contributed by atoms with E-state index in [2.05, 4.69) is 112 Å². The Morgan fingerprint density at radius 2 is 1.19 bits per heavy atom. The predicted molar refractivity (Wildman–Crippen MR) is 137 cm³/mol.